The quantitative estimate of drug-likeness (QED) is 0.354. The number of nitrogens with one attached hydrogen (secondary N) is 2. The van der Waals surface area contributed by atoms with Crippen LogP contribution in [-0.2, 0) is 18.2 Å². The third-order valence-electron chi connectivity index (χ3n) is 6.82. The lowest BCUT2D eigenvalue weighted by Crippen LogP contribution is -2.37. The number of hydrogen-bond acceptors (Lipinski definition) is 5. The Bertz CT molecular complexity index is 1280. The number of halogens is 2. The minimum atomic E-state index is -2.66. The van der Waals surface area contributed by atoms with Crippen LogP contribution in [-0.4, -0.2) is 46.4 Å². The number of anilines is 2. The third-order valence-corrected chi connectivity index (χ3v) is 6.82. The lowest BCUT2D eigenvalue weighted by molar-refractivity contribution is 0.0904. The summed E-state index contributed by atoms with van der Waals surface area (Å²) in [5.41, 5.74) is 4.56. The van der Waals surface area contributed by atoms with Gasteiger partial charge in [-0.15, -0.1) is 0 Å². The molecule has 1 fully saturated rings. The summed E-state index contributed by atoms with van der Waals surface area (Å²) in [6, 6.07) is 7.39. The zero-order chi connectivity index (χ0) is 25.2. The number of aromatic nitrogens is 3. The normalized spacial score (nSPS) is 16.2. The van der Waals surface area contributed by atoms with Gasteiger partial charge in [-0.25, -0.2) is 13.8 Å². The van der Waals surface area contributed by atoms with Gasteiger partial charge in [-0.2, -0.15) is 5.10 Å². The number of hydrogen-bond donors (Lipinski definition) is 2. The second-order valence-electron chi connectivity index (χ2n) is 9.24. The van der Waals surface area contributed by atoms with Crippen LogP contribution in [0.3, 0.4) is 0 Å². The Morgan fingerprint density at radius 2 is 2.08 bits per heavy atom. The van der Waals surface area contributed by atoms with Crippen LogP contribution < -0.4 is 10.2 Å². The lowest BCUT2D eigenvalue weighted by Gasteiger charge is -2.33. The maximum atomic E-state index is 14.2. The van der Waals surface area contributed by atoms with E-state index in [-0.39, 0.29) is 17.4 Å². The summed E-state index contributed by atoms with van der Waals surface area (Å²) in [6.45, 7) is 5.76. The molecule has 0 saturated carbocycles. The molecule has 2 N–H and O–H groups in total. The third kappa shape index (κ3) is 4.75. The van der Waals surface area contributed by atoms with Crippen molar-refractivity contribution in [2.45, 2.75) is 38.2 Å². The SMILES string of the molecule is C=Cc1ccc(NC2CCOCC2)c(C(=N)N2CCCc3cc(-c4cnn(C)c4)c(C(F)F)cc32)n1. The number of amidine groups is 1. The summed E-state index contributed by atoms with van der Waals surface area (Å²) in [6.07, 6.45) is 5.65. The zero-order valence-corrected chi connectivity index (χ0v) is 20.3. The maximum absolute atomic E-state index is 14.2. The molecular formula is C27H30F2N6O. The van der Waals surface area contributed by atoms with Gasteiger partial charge in [-0.3, -0.25) is 10.1 Å². The van der Waals surface area contributed by atoms with Crippen LogP contribution in [0.1, 0.15) is 48.2 Å². The van der Waals surface area contributed by atoms with Crippen LogP contribution in [0.2, 0.25) is 0 Å². The summed E-state index contributed by atoms with van der Waals surface area (Å²) in [5, 5.41) is 16.8. The van der Waals surface area contributed by atoms with Crippen LogP contribution >= 0.6 is 0 Å². The predicted molar refractivity (Wildman–Crippen MR) is 138 cm³/mol. The van der Waals surface area contributed by atoms with E-state index in [1.54, 1.807) is 36.3 Å². The highest BCUT2D eigenvalue weighted by Crippen LogP contribution is 2.39. The highest BCUT2D eigenvalue weighted by atomic mass is 19.3. The summed E-state index contributed by atoms with van der Waals surface area (Å²) >= 11 is 0. The lowest BCUT2D eigenvalue weighted by atomic mass is 9.93. The number of nitrogens with zero attached hydrogens (tertiary/aromatic N) is 4. The molecule has 4 heterocycles. The van der Waals surface area contributed by atoms with Crippen molar-refractivity contribution >= 4 is 23.3 Å². The number of ether oxygens (including phenoxy) is 1. The van der Waals surface area contributed by atoms with Crippen LogP contribution in [0, 0.1) is 5.41 Å². The monoisotopic (exact) mass is 492 g/mol. The van der Waals surface area contributed by atoms with Gasteiger partial charge < -0.3 is 15.0 Å². The fraction of sp³-hybridized carbons (Fsp3) is 0.370. The Morgan fingerprint density at radius 1 is 1.28 bits per heavy atom. The Kier molecular flexibility index (Phi) is 6.82. The van der Waals surface area contributed by atoms with E-state index in [2.05, 4.69) is 17.0 Å². The van der Waals surface area contributed by atoms with Crippen LogP contribution in [0.4, 0.5) is 20.2 Å². The van der Waals surface area contributed by atoms with E-state index in [1.807, 2.05) is 23.1 Å². The molecule has 188 valence electrons. The topological polar surface area (TPSA) is 79.1 Å². The molecule has 0 unspecified atom stereocenters. The molecule has 2 aliphatic rings. The number of fused-ring (bicyclic) bond motifs is 1. The minimum absolute atomic E-state index is 0.0604. The zero-order valence-electron chi connectivity index (χ0n) is 20.3. The van der Waals surface area contributed by atoms with Gasteiger partial charge in [0.25, 0.3) is 6.43 Å². The number of rotatable bonds is 6. The molecule has 2 aliphatic heterocycles. The van der Waals surface area contributed by atoms with Crippen molar-refractivity contribution < 1.29 is 13.5 Å². The van der Waals surface area contributed by atoms with Crippen molar-refractivity contribution in [3.8, 4) is 11.1 Å². The van der Waals surface area contributed by atoms with Crippen molar-refractivity contribution in [3.05, 3.63) is 65.8 Å². The second kappa shape index (κ2) is 10.2. The molecule has 2 aromatic heterocycles. The number of benzene rings is 1. The number of alkyl halides is 2. The van der Waals surface area contributed by atoms with E-state index < -0.39 is 6.43 Å². The van der Waals surface area contributed by atoms with Gasteiger partial charge in [-0.05, 0) is 67.2 Å². The average molecular weight is 493 g/mol. The molecule has 9 heteroatoms. The van der Waals surface area contributed by atoms with Crippen LogP contribution in [0.5, 0.6) is 0 Å². The first-order chi connectivity index (χ1) is 17.4. The summed E-state index contributed by atoms with van der Waals surface area (Å²) in [5.74, 6) is 0.184. The second-order valence-corrected chi connectivity index (χ2v) is 9.24. The maximum Gasteiger partial charge on any atom is 0.264 e. The minimum Gasteiger partial charge on any atom is -0.381 e. The van der Waals surface area contributed by atoms with Gasteiger partial charge in [0.2, 0.25) is 0 Å². The molecule has 5 rings (SSSR count). The molecule has 3 aromatic rings. The Balaban J connectivity index is 1.54. The first-order valence-corrected chi connectivity index (χ1v) is 12.2. The molecule has 0 bridgehead atoms. The molecule has 7 nitrogen and oxygen atoms in total. The molecule has 0 atom stereocenters. The fourth-order valence-electron chi connectivity index (χ4n) is 4.95. The number of pyridine rings is 1. The Hall–Kier alpha value is -3.59. The van der Waals surface area contributed by atoms with E-state index in [4.69, 9.17) is 15.1 Å². The molecule has 1 aromatic carbocycles. The molecule has 0 amide bonds. The molecule has 1 saturated heterocycles. The highest BCUT2D eigenvalue weighted by Gasteiger charge is 2.28. The van der Waals surface area contributed by atoms with Crippen molar-refractivity contribution in [2.75, 3.05) is 30.0 Å². The molecular weight excluding hydrogens is 462 g/mol. The van der Waals surface area contributed by atoms with Crippen LogP contribution in [0.15, 0.2) is 43.2 Å². The Morgan fingerprint density at radius 3 is 2.78 bits per heavy atom. The van der Waals surface area contributed by atoms with Gasteiger partial charge >= 0.3 is 0 Å². The van der Waals surface area contributed by atoms with E-state index in [0.717, 1.165) is 36.9 Å². The molecule has 0 aliphatic carbocycles. The van der Waals surface area contributed by atoms with E-state index >= 15 is 0 Å². The predicted octanol–water partition coefficient (Wildman–Crippen LogP) is 5.43. The van der Waals surface area contributed by atoms with Crippen molar-refractivity contribution in [1.82, 2.24) is 14.8 Å². The van der Waals surface area contributed by atoms with Crippen molar-refractivity contribution in [3.63, 3.8) is 0 Å². The summed E-state index contributed by atoms with van der Waals surface area (Å²) in [4.78, 5) is 6.50. The standard InChI is InChI=1S/C27H30F2N6O/c1-3-19-6-7-23(32-20-8-11-36-12-9-20)25(33-19)27(30)35-10-4-5-17-13-21(18-15-31-34(2)16-18)22(26(28)29)14-24(17)35/h3,6-7,13-16,20,26,30,32H,1,4-5,8-12H2,2H3. The van der Waals surface area contributed by atoms with E-state index in [1.165, 1.54) is 0 Å². The summed E-state index contributed by atoms with van der Waals surface area (Å²) in [7, 11) is 1.77. The van der Waals surface area contributed by atoms with Crippen LogP contribution in [0.25, 0.3) is 17.2 Å². The van der Waals surface area contributed by atoms with Gasteiger partial charge in [-0.1, -0.05) is 6.58 Å². The smallest absolute Gasteiger partial charge is 0.264 e. The first-order valence-electron chi connectivity index (χ1n) is 12.2. The van der Waals surface area contributed by atoms with Gasteiger partial charge in [0.1, 0.15) is 5.69 Å². The van der Waals surface area contributed by atoms with E-state index in [0.29, 0.717) is 48.0 Å². The number of aryl methyl sites for hydroxylation is 2. The average Bonchev–Trinajstić information content (AvgIpc) is 3.34. The van der Waals surface area contributed by atoms with Crippen molar-refractivity contribution in [1.29, 1.82) is 5.41 Å². The highest BCUT2D eigenvalue weighted by molar-refractivity contribution is 6.10. The molecule has 0 radical (unpaired) electrons. The summed E-state index contributed by atoms with van der Waals surface area (Å²) < 4.78 is 35.5. The largest absolute Gasteiger partial charge is 0.381 e. The van der Waals surface area contributed by atoms with Gasteiger partial charge in [0.05, 0.1) is 17.6 Å². The molecule has 36 heavy (non-hydrogen) atoms. The van der Waals surface area contributed by atoms with Gasteiger partial charge in [0.15, 0.2) is 5.84 Å². The van der Waals surface area contributed by atoms with Gasteiger partial charge in [0, 0.05) is 55.9 Å². The van der Waals surface area contributed by atoms with Crippen molar-refractivity contribution in [2.24, 2.45) is 7.05 Å². The molecule has 0 spiro atoms. The van der Waals surface area contributed by atoms with E-state index in [9.17, 15) is 8.78 Å². The fourth-order valence-corrected chi connectivity index (χ4v) is 4.95. The Labute approximate surface area is 209 Å². The first kappa shape index (κ1) is 24.1.